The van der Waals surface area contributed by atoms with Crippen LogP contribution in [0, 0.1) is 0 Å². The van der Waals surface area contributed by atoms with Crippen LogP contribution in [0.3, 0.4) is 0 Å². The van der Waals surface area contributed by atoms with Crippen LogP contribution >= 0.6 is 11.8 Å². The number of rotatable bonds is 4. The van der Waals surface area contributed by atoms with Crippen molar-refractivity contribution in [3.05, 3.63) is 24.3 Å². The highest BCUT2D eigenvalue weighted by molar-refractivity contribution is 8.00. The number of phenolic OH excluding ortho intramolecular Hbond substituents is 1. The van der Waals surface area contributed by atoms with Gasteiger partial charge in [0.1, 0.15) is 5.75 Å². The molecular weight excluding hydrogens is 288 g/mol. The summed E-state index contributed by atoms with van der Waals surface area (Å²) in [5, 5.41) is 12.6. The number of phenols is 1. The lowest BCUT2D eigenvalue weighted by Crippen LogP contribution is -2.49. The zero-order valence-electron chi connectivity index (χ0n) is 12.0. The molecule has 21 heavy (non-hydrogen) atoms. The smallest absolute Gasteiger partial charge is 0.233 e. The molecule has 0 radical (unpaired) electrons. The molecule has 0 spiro atoms. The van der Waals surface area contributed by atoms with Gasteiger partial charge in [0.15, 0.2) is 0 Å². The topological polar surface area (TPSA) is 69.6 Å². The maximum absolute atomic E-state index is 12.2. The molecule has 0 aliphatic carbocycles. The molecule has 1 aromatic rings. The summed E-state index contributed by atoms with van der Waals surface area (Å²) in [4.78, 5) is 25.8. The Bertz CT molecular complexity index is 521. The zero-order valence-corrected chi connectivity index (χ0v) is 12.9. The number of benzene rings is 1. The van der Waals surface area contributed by atoms with E-state index < -0.39 is 0 Å². The van der Waals surface area contributed by atoms with Crippen LogP contribution in [0.5, 0.6) is 5.75 Å². The molecule has 2 N–H and O–H groups in total. The summed E-state index contributed by atoms with van der Waals surface area (Å²) in [7, 11) is 0. The molecule has 1 saturated heterocycles. The first-order chi connectivity index (χ1) is 10.1. The van der Waals surface area contributed by atoms with Crippen LogP contribution in [0.25, 0.3) is 0 Å². The molecule has 0 aromatic heterocycles. The number of carbonyl (C=O) groups excluding carboxylic acids is 2. The van der Waals surface area contributed by atoms with Gasteiger partial charge in [0, 0.05) is 31.0 Å². The van der Waals surface area contributed by atoms with Crippen molar-refractivity contribution in [1.82, 2.24) is 10.2 Å². The summed E-state index contributed by atoms with van der Waals surface area (Å²) in [6, 6.07) is 7.05. The molecule has 1 aliphatic rings. The molecule has 1 atom stereocenters. The number of aromatic hydroxyl groups is 1. The first kappa shape index (κ1) is 15.7. The van der Waals surface area contributed by atoms with Gasteiger partial charge in [-0.3, -0.25) is 9.59 Å². The summed E-state index contributed by atoms with van der Waals surface area (Å²) < 4.78 is 0. The van der Waals surface area contributed by atoms with E-state index in [-0.39, 0.29) is 23.6 Å². The molecular formula is C15H20N2O3S. The van der Waals surface area contributed by atoms with Gasteiger partial charge in [0.2, 0.25) is 11.8 Å². The fraction of sp³-hybridized carbons (Fsp3) is 0.467. The summed E-state index contributed by atoms with van der Waals surface area (Å²) in [6.07, 6.45) is 1.81. The molecule has 6 heteroatoms. The van der Waals surface area contributed by atoms with E-state index in [4.69, 9.17) is 0 Å². The average molecular weight is 308 g/mol. The number of nitrogens with one attached hydrogen (secondary N) is 1. The van der Waals surface area contributed by atoms with E-state index in [0.29, 0.717) is 17.2 Å². The fourth-order valence-corrected chi connectivity index (χ4v) is 3.27. The van der Waals surface area contributed by atoms with Crippen LogP contribution in [0.4, 0.5) is 0 Å². The van der Waals surface area contributed by atoms with Crippen molar-refractivity contribution < 1.29 is 14.7 Å². The predicted molar refractivity (Wildman–Crippen MR) is 82.2 cm³/mol. The van der Waals surface area contributed by atoms with Crippen molar-refractivity contribution in [3.63, 3.8) is 0 Å². The normalized spacial score (nSPS) is 18.3. The van der Waals surface area contributed by atoms with E-state index >= 15 is 0 Å². The Morgan fingerprint density at radius 2 is 2.19 bits per heavy atom. The van der Waals surface area contributed by atoms with Crippen LogP contribution < -0.4 is 5.32 Å². The largest absolute Gasteiger partial charge is 0.507 e. The Balaban J connectivity index is 1.85. The number of piperidine rings is 1. The van der Waals surface area contributed by atoms with Gasteiger partial charge in [0.05, 0.1) is 5.75 Å². The van der Waals surface area contributed by atoms with E-state index in [1.165, 1.54) is 18.7 Å². The van der Waals surface area contributed by atoms with Crippen molar-refractivity contribution in [2.24, 2.45) is 0 Å². The van der Waals surface area contributed by atoms with E-state index in [2.05, 4.69) is 5.32 Å². The van der Waals surface area contributed by atoms with Crippen molar-refractivity contribution in [2.75, 3.05) is 18.8 Å². The summed E-state index contributed by atoms with van der Waals surface area (Å²) >= 11 is 1.34. The first-order valence-electron chi connectivity index (χ1n) is 7.02. The number of thioether (sulfide) groups is 1. The third-order valence-corrected chi connectivity index (χ3v) is 4.45. The highest BCUT2D eigenvalue weighted by Gasteiger charge is 2.24. The van der Waals surface area contributed by atoms with Gasteiger partial charge in [0.25, 0.3) is 0 Å². The number of amides is 2. The minimum absolute atomic E-state index is 0.0401. The van der Waals surface area contributed by atoms with E-state index in [1.54, 1.807) is 23.1 Å². The second kappa shape index (κ2) is 7.36. The Kier molecular flexibility index (Phi) is 5.50. The van der Waals surface area contributed by atoms with Gasteiger partial charge in [-0.05, 0) is 25.0 Å². The zero-order chi connectivity index (χ0) is 15.2. The molecule has 114 valence electrons. The van der Waals surface area contributed by atoms with Gasteiger partial charge >= 0.3 is 0 Å². The molecule has 1 aromatic carbocycles. The Labute approximate surface area is 128 Å². The molecule has 0 bridgehead atoms. The Morgan fingerprint density at radius 1 is 1.43 bits per heavy atom. The standard InChI is InChI=1S/C15H20N2O3S/c1-11(18)16-12-5-4-8-17(9-12)15(20)10-21-14-7-3-2-6-13(14)19/h2-3,6-7,12,19H,4-5,8-10H2,1H3,(H,16,18)/t12-/m1/s1. The highest BCUT2D eigenvalue weighted by atomic mass is 32.2. The molecule has 2 amide bonds. The Hall–Kier alpha value is -1.69. The van der Waals surface area contributed by atoms with E-state index in [9.17, 15) is 14.7 Å². The lowest BCUT2D eigenvalue weighted by Gasteiger charge is -2.33. The maximum Gasteiger partial charge on any atom is 0.233 e. The highest BCUT2D eigenvalue weighted by Crippen LogP contribution is 2.28. The van der Waals surface area contributed by atoms with Gasteiger partial charge in [-0.25, -0.2) is 0 Å². The summed E-state index contributed by atoms with van der Waals surface area (Å²) in [5.74, 6) is 0.478. The van der Waals surface area contributed by atoms with Crippen LogP contribution in [0.15, 0.2) is 29.2 Å². The fourth-order valence-electron chi connectivity index (χ4n) is 2.42. The van der Waals surface area contributed by atoms with Gasteiger partial charge in [-0.1, -0.05) is 12.1 Å². The first-order valence-corrected chi connectivity index (χ1v) is 8.00. The predicted octanol–water partition coefficient (Wildman–Crippen LogP) is 1.61. The van der Waals surface area contributed by atoms with Crippen molar-refractivity contribution in [1.29, 1.82) is 0 Å². The second-order valence-corrected chi connectivity index (χ2v) is 6.15. The van der Waals surface area contributed by atoms with Crippen molar-refractivity contribution in [3.8, 4) is 5.75 Å². The molecule has 0 unspecified atom stereocenters. The third kappa shape index (κ3) is 4.67. The van der Waals surface area contributed by atoms with Gasteiger partial charge in [-0.2, -0.15) is 0 Å². The van der Waals surface area contributed by atoms with E-state index in [1.807, 2.05) is 6.07 Å². The third-order valence-electron chi connectivity index (χ3n) is 3.40. The van der Waals surface area contributed by atoms with Crippen molar-refractivity contribution >= 4 is 23.6 Å². The minimum Gasteiger partial charge on any atom is -0.507 e. The quantitative estimate of drug-likeness (QED) is 0.829. The summed E-state index contributed by atoms with van der Waals surface area (Å²) in [5.41, 5.74) is 0. The van der Waals surface area contributed by atoms with Crippen molar-refractivity contribution in [2.45, 2.75) is 30.7 Å². The number of hydrogen-bond acceptors (Lipinski definition) is 4. The number of likely N-dealkylation sites (tertiary alicyclic amines) is 1. The molecule has 1 fully saturated rings. The van der Waals surface area contributed by atoms with Gasteiger partial charge < -0.3 is 15.3 Å². The number of para-hydroxylation sites is 1. The number of nitrogens with zero attached hydrogens (tertiary/aromatic N) is 1. The molecule has 1 heterocycles. The maximum atomic E-state index is 12.2. The number of carbonyl (C=O) groups is 2. The van der Waals surface area contributed by atoms with Gasteiger partial charge in [-0.15, -0.1) is 11.8 Å². The average Bonchev–Trinajstić information content (AvgIpc) is 2.45. The summed E-state index contributed by atoms with van der Waals surface area (Å²) in [6.45, 7) is 2.80. The van der Waals surface area contributed by atoms with Crippen LogP contribution in [-0.4, -0.2) is 46.7 Å². The lowest BCUT2D eigenvalue weighted by molar-refractivity contribution is -0.130. The number of hydrogen-bond donors (Lipinski definition) is 2. The van der Waals surface area contributed by atoms with Crippen LogP contribution in [0.2, 0.25) is 0 Å². The monoisotopic (exact) mass is 308 g/mol. The molecule has 1 aliphatic heterocycles. The Morgan fingerprint density at radius 3 is 2.90 bits per heavy atom. The SMILES string of the molecule is CC(=O)N[C@@H]1CCCN(C(=O)CSc2ccccc2O)C1. The molecule has 5 nitrogen and oxygen atoms in total. The van der Waals surface area contributed by atoms with E-state index in [0.717, 1.165) is 19.4 Å². The van der Waals surface area contributed by atoms with Crippen LogP contribution in [0.1, 0.15) is 19.8 Å². The molecule has 0 saturated carbocycles. The second-order valence-electron chi connectivity index (χ2n) is 5.14. The molecule has 2 rings (SSSR count). The lowest BCUT2D eigenvalue weighted by atomic mass is 10.1. The van der Waals surface area contributed by atoms with Crippen LogP contribution in [-0.2, 0) is 9.59 Å². The minimum atomic E-state index is -0.0575.